The van der Waals surface area contributed by atoms with Crippen molar-refractivity contribution in [2.45, 2.75) is 32.2 Å². The summed E-state index contributed by atoms with van der Waals surface area (Å²) in [6.45, 7) is 3.19. The van der Waals surface area contributed by atoms with Gasteiger partial charge in [-0.2, -0.15) is 5.26 Å². The van der Waals surface area contributed by atoms with Crippen LogP contribution in [-0.2, 0) is 0 Å². The molecule has 1 amide bonds. The van der Waals surface area contributed by atoms with Gasteiger partial charge >= 0.3 is 0 Å². The lowest BCUT2D eigenvalue weighted by atomic mass is 10.0. The molecule has 0 bridgehead atoms. The lowest BCUT2D eigenvalue weighted by molar-refractivity contribution is 0.0717. The predicted molar refractivity (Wildman–Crippen MR) is 108 cm³/mol. The Morgan fingerprint density at radius 3 is 2.44 bits per heavy atom. The van der Waals surface area contributed by atoms with Crippen LogP contribution >= 0.6 is 11.6 Å². The minimum absolute atomic E-state index is 0.185. The quantitative estimate of drug-likeness (QED) is 0.417. The summed E-state index contributed by atoms with van der Waals surface area (Å²) >= 11 is 5.83. The number of carbonyl (C=O) groups is 1. The monoisotopic (exact) mass is 384 g/mol. The molecule has 1 atom stereocenters. The fraction of sp³-hybridized carbons (Fsp3) is 0.364. The standard InChI is InChI=1S/C22H25ClN2O2/c1-2-3-16-27-20-12-10-19(11-13-20)22(26)25(15-7-14-23)21(17-24)18-8-5-4-6-9-18/h4-6,8-13,21H,2-3,7,14-16H2,1H3. The number of hydrogen-bond acceptors (Lipinski definition) is 3. The zero-order valence-electron chi connectivity index (χ0n) is 15.6. The Morgan fingerprint density at radius 1 is 1.15 bits per heavy atom. The molecule has 2 aromatic carbocycles. The average Bonchev–Trinajstić information content (AvgIpc) is 2.72. The number of benzene rings is 2. The van der Waals surface area contributed by atoms with E-state index in [0.717, 1.165) is 24.2 Å². The number of ether oxygens (including phenoxy) is 1. The Hall–Kier alpha value is -2.51. The van der Waals surface area contributed by atoms with Crippen LogP contribution in [0.2, 0.25) is 0 Å². The van der Waals surface area contributed by atoms with Crippen molar-refractivity contribution in [3.8, 4) is 11.8 Å². The van der Waals surface area contributed by atoms with Gasteiger partial charge in [-0.3, -0.25) is 4.79 Å². The molecule has 0 radical (unpaired) electrons. The van der Waals surface area contributed by atoms with E-state index < -0.39 is 6.04 Å². The van der Waals surface area contributed by atoms with Gasteiger partial charge in [-0.15, -0.1) is 11.6 Å². The van der Waals surface area contributed by atoms with Crippen molar-refractivity contribution in [2.75, 3.05) is 19.0 Å². The maximum absolute atomic E-state index is 13.1. The number of rotatable bonds is 10. The molecule has 5 heteroatoms. The van der Waals surface area contributed by atoms with Crippen molar-refractivity contribution in [2.24, 2.45) is 0 Å². The summed E-state index contributed by atoms with van der Waals surface area (Å²) in [5.74, 6) is 0.990. The summed E-state index contributed by atoms with van der Waals surface area (Å²) in [5.41, 5.74) is 1.33. The second-order valence-corrected chi connectivity index (χ2v) is 6.59. The van der Waals surface area contributed by atoms with Crippen molar-refractivity contribution < 1.29 is 9.53 Å². The van der Waals surface area contributed by atoms with Crippen LogP contribution in [0.5, 0.6) is 5.75 Å². The summed E-state index contributed by atoms with van der Waals surface area (Å²) in [5, 5.41) is 9.71. The first kappa shape index (κ1) is 20.8. The number of alkyl halides is 1. The van der Waals surface area contributed by atoms with Gasteiger partial charge in [0, 0.05) is 18.0 Å². The average molecular weight is 385 g/mol. The van der Waals surface area contributed by atoms with Crippen molar-refractivity contribution in [1.29, 1.82) is 5.26 Å². The Morgan fingerprint density at radius 2 is 1.85 bits per heavy atom. The zero-order chi connectivity index (χ0) is 19.5. The second kappa shape index (κ2) is 11.3. The fourth-order valence-corrected chi connectivity index (χ4v) is 2.85. The molecule has 0 aliphatic heterocycles. The van der Waals surface area contributed by atoms with Crippen LogP contribution in [0.15, 0.2) is 54.6 Å². The van der Waals surface area contributed by atoms with Gasteiger partial charge in [0.25, 0.3) is 5.91 Å². The first-order chi connectivity index (χ1) is 13.2. The van der Waals surface area contributed by atoms with Crippen LogP contribution in [0.3, 0.4) is 0 Å². The van der Waals surface area contributed by atoms with E-state index in [1.54, 1.807) is 29.2 Å². The first-order valence-electron chi connectivity index (χ1n) is 9.25. The Bertz CT molecular complexity index is 741. The highest BCUT2D eigenvalue weighted by Gasteiger charge is 2.25. The number of amides is 1. The molecule has 0 fully saturated rings. The van der Waals surface area contributed by atoms with E-state index in [9.17, 15) is 10.1 Å². The number of carbonyl (C=O) groups excluding carboxylic acids is 1. The summed E-state index contributed by atoms with van der Waals surface area (Å²) in [6.07, 6.45) is 2.69. The fourth-order valence-electron chi connectivity index (χ4n) is 2.73. The Labute approximate surface area is 166 Å². The van der Waals surface area contributed by atoms with Gasteiger partial charge in [0.05, 0.1) is 12.7 Å². The molecule has 0 aromatic heterocycles. The molecule has 0 saturated heterocycles. The van der Waals surface area contributed by atoms with Crippen LogP contribution < -0.4 is 4.74 Å². The van der Waals surface area contributed by atoms with E-state index in [1.165, 1.54) is 0 Å². The third-order valence-electron chi connectivity index (χ3n) is 4.21. The molecule has 142 valence electrons. The smallest absolute Gasteiger partial charge is 0.255 e. The third-order valence-corrected chi connectivity index (χ3v) is 4.48. The van der Waals surface area contributed by atoms with Gasteiger partial charge in [-0.05, 0) is 42.7 Å². The van der Waals surface area contributed by atoms with E-state index in [-0.39, 0.29) is 5.91 Å². The number of halogens is 1. The molecule has 0 N–H and O–H groups in total. The highest BCUT2D eigenvalue weighted by atomic mass is 35.5. The van der Waals surface area contributed by atoms with E-state index >= 15 is 0 Å². The number of unbranched alkanes of at least 4 members (excludes halogenated alkanes) is 1. The van der Waals surface area contributed by atoms with Gasteiger partial charge in [-0.25, -0.2) is 0 Å². The largest absolute Gasteiger partial charge is 0.494 e. The van der Waals surface area contributed by atoms with Crippen LogP contribution in [0, 0.1) is 11.3 Å². The van der Waals surface area contributed by atoms with Crippen molar-refractivity contribution >= 4 is 17.5 Å². The molecule has 0 aliphatic carbocycles. The molecule has 2 aromatic rings. The second-order valence-electron chi connectivity index (χ2n) is 6.21. The van der Waals surface area contributed by atoms with Crippen molar-refractivity contribution in [3.63, 3.8) is 0 Å². The topological polar surface area (TPSA) is 53.3 Å². The van der Waals surface area contributed by atoms with Crippen molar-refractivity contribution in [1.82, 2.24) is 4.90 Å². The lowest BCUT2D eigenvalue weighted by Crippen LogP contribution is -2.35. The van der Waals surface area contributed by atoms with E-state index in [0.29, 0.717) is 31.0 Å². The SMILES string of the molecule is CCCCOc1ccc(C(=O)N(CCCCl)C(C#N)c2ccccc2)cc1. The van der Waals surface area contributed by atoms with Crippen molar-refractivity contribution in [3.05, 3.63) is 65.7 Å². The summed E-state index contributed by atoms with van der Waals surface area (Å²) < 4.78 is 5.65. The van der Waals surface area contributed by atoms with E-state index in [4.69, 9.17) is 16.3 Å². The molecule has 0 spiro atoms. The predicted octanol–water partition coefficient (Wildman–Crippen LogP) is 5.20. The van der Waals surface area contributed by atoms with Gasteiger partial charge in [0.1, 0.15) is 11.8 Å². The summed E-state index contributed by atoms with van der Waals surface area (Å²) in [4.78, 5) is 14.7. The number of nitrogens with zero attached hydrogens (tertiary/aromatic N) is 2. The Kier molecular flexibility index (Phi) is 8.67. The van der Waals surface area contributed by atoms with Gasteiger partial charge in [0.2, 0.25) is 0 Å². The maximum atomic E-state index is 13.1. The number of hydrogen-bond donors (Lipinski definition) is 0. The van der Waals surface area contributed by atoms with Gasteiger partial charge < -0.3 is 9.64 Å². The normalized spacial score (nSPS) is 11.4. The van der Waals surface area contributed by atoms with E-state index in [1.807, 2.05) is 30.3 Å². The van der Waals surface area contributed by atoms with Crippen LogP contribution in [-0.4, -0.2) is 29.8 Å². The molecular formula is C22H25ClN2O2. The minimum Gasteiger partial charge on any atom is -0.494 e. The molecule has 27 heavy (non-hydrogen) atoms. The molecule has 0 heterocycles. The molecule has 0 saturated carbocycles. The maximum Gasteiger partial charge on any atom is 0.255 e. The number of nitriles is 1. The zero-order valence-corrected chi connectivity index (χ0v) is 16.4. The van der Waals surface area contributed by atoms with Crippen LogP contribution in [0.1, 0.15) is 48.1 Å². The minimum atomic E-state index is -0.651. The van der Waals surface area contributed by atoms with E-state index in [2.05, 4.69) is 13.0 Å². The van der Waals surface area contributed by atoms with Crippen LogP contribution in [0.4, 0.5) is 0 Å². The first-order valence-corrected chi connectivity index (χ1v) is 9.79. The highest BCUT2D eigenvalue weighted by molar-refractivity contribution is 6.17. The van der Waals surface area contributed by atoms with Crippen LogP contribution in [0.25, 0.3) is 0 Å². The van der Waals surface area contributed by atoms with Gasteiger partial charge in [0.15, 0.2) is 0 Å². The molecule has 2 rings (SSSR count). The Balaban J connectivity index is 2.20. The summed E-state index contributed by atoms with van der Waals surface area (Å²) in [6, 6.07) is 18.0. The molecule has 0 aliphatic rings. The molecule has 1 unspecified atom stereocenters. The van der Waals surface area contributed by atoms with Gasteiger partial charge in [-0.1, -0.05) is 43.7 Å². The summed E-state index contributed by atoms with van der Waals surface area (Å²) in [7, 11) is 0. The molecule has 4 nitrogen and oxygen atoms in total. The third kappa shape index (κ3) is 6.01. The lowest BCUT2D eigenvalue weighted by Gasteiger charge is -2.27. The highest BCUT2D eigenvalue weighted by Crippen LogP contribution is 2.23. The molecular weight excluding hydrogens is 360 g/mol.